The van der Waals surface area contributed by atoms with Crippen LogP contribution in [0.2, 0.25) is 0 Å². The molecule has 4 heteroatoms. The van der Waals surface area contributed by atoms with E-state index in [0.717, 1.165) is 13.0 Å². The van der Waals surface area contributed by atoms with Gasteiger partial charge in [0.05, 0.1) is 7.11 Å². The van der Waals surface area contributed by atoms with E-state index < -0.39 is 5.60 Å². The Hall–Kier alpha value is -0.610. The molecule has 2 rings (SSSR count). The van der Waals surface area contributed by atoms with Crippen molar-refractivity contribution in [2.24, 2.45) is 5.92 Å². The Kier molecular flexibility index (Phi) is 1.81. The number of carbonyl (C=O) groups is 1. The summed E-state index contributed by atoms with van der Waals surface area (Å²) in [4.78, 5) is 11.4. The lowest BCUT2D eigenvalue weighted by atomic mass is 9.91. The standard InChI is InChI=1S/C8H13NO3/c1-11-7(10)8-5-9-4-6(8)2-3-12-8/h6,9H,2-5H2,1H3/t6-,8+/m1/s1. The molecule has 2 aliphatic rings. The van der Waals surface area contributed by atoms with Gasteiger partial charge in [0.1, 0.15) is 0 Å². The molecule has 0 spiro atoms. The summed E-state index contributed by atoms with van der Waals surface area (Å²) in [6, 6.07) is 0. The van der Waals surface area contributed by atoms with Gasteiger partial charge in [-0.25, -0.2) is 4.79 Å². The summed E-state index contributed by atoms with van der Waals surface area (Å²) >= 11 is 0. The lowest BCUT2D eigenvalue weighted by molar-refractivity contribution is -0.164. The van der Waals surface area contributed by atoms with Gasteiger partial charge in [-0.3, -0.25) is 0 Å². The minimum Gasteiger partial charge on any atom is -0.467 e. The number of ether oxygens (including phenoxy) is 2. The second-order valence-corrected chi connectivity index (χ2v) is 3.35. The SMILES string of the molecule is COC(=O)[C@]12CNC[C@H]1CCO2. The number of esters is 1. The molecule has 0 aromatic heterocycles. The Labute approximate surface area is 71.2 Å². The first-order chi connectivity index (χ1) is 5.79. The monoisotopic (exact) mass is 171 g/mol. The second-order valence-electron chi connectivity index (χ2n) is 3.35. The molecular weight excluding hydrogens is 158 g/mol. The summed E-state index contributed by atoms with van der Waals surface area (Å²) in [6.07, 6.45) is 0.960. The molecule has 0 bridgehead atoms. The summed E-state index contributed by atoms with van der Waals surface area (Å²) in [6.45, 7) is 2.15. The predicted octanol–water partition coefficient (Wildman–Crippen LogP) is -0.462. The zero-order valence-electron chi connectivity index (χ0n) is 7.13. The van der Waals surface area contributed by atoms with Crippen molar-refractivity contribution < 1.29 is 14.3 Å². The molecule has 0 unspecified atom stereocenters. The number of carbonyl (C=O) groups excluding carboxylic acids is 1. The van der Waals surface area contributed by atoms with Crippen molar-refractivity contribution in [3.05, 3.63) is 0 Å². The lowest BCUT2D eigenvalue weighted by Crippen LogP contribution is -2.45. The van der Waals surface area contributed by atoms with Gasteiger partial charge < -0.3 is 14.8 Å². The topological polar surface area (TPSA) is 47.6 Å². The number of rotatable bonds is 1. The summed E-state index contributed by atoms with van der Waals surface area (Å²) in [5.74, 6) is 0.0833. The Morgan fingerprint density at radius 2 is 2.58 bits per heavy atom. The fourth-order valence-electron chi connectivity index (χ4n) is 2.10. The number of fused-ring (bicyclic) bond motifs is 1. The largest absolute Gasteiger partial charge is 0.467 e. The van der Waals surface area contributed by atoms with Crippen molar-refractivity contribution in [1.29, 1.82) is 0 Å². The van der Waals surface area contributed by atoms with E-state index in [1.165, 1.54) is 7.11 Å². The van der Waals surface area contributed by atoms with Crippen LogP contribution < -0.4 is 5.32 Å². The zero-order chi connectivity index (χ0) is 8.60. The molecule has 2 atom stereocenters. The highest BCUT2D eigenvalue weighted by Crippen LogP contribution is 2.35. The van der Waals surface area contributed by atoms with Crippen LogP contribution in [-0.4, -0.2) is 38.4 Å². The van der Waals surface area contributed by atoms with Crippen molar-refractivity contribution in [3.63, 3.8) is 0 Å². The minimum atomic E-state index is -0.658. The Morgan fingerprint density at radius 3 is 3.33 bits per heavy atom. The van der Waals surface area contributed by atoms with E-state index in [2.05, 4.69) is 5.32 Å². The Balaban J connectivity index is 2.21. The average Bonchev–Trinajstić information content (AvgIpc) is 2.60. The number of nitrogens with one attached hydrogen (secondary N) is 1. The minimum absolute atomic E-state index is 0.227. The summed E-state index contributed by atoms with van der Waals surface area (Å²) in [5.41, 5.74) is -0.658. The van der Waals surface area contributed by atoms with E-state index in [9.17, 15) is 4.79 Å². The number of methoxy groups -OCH3 is 1. The fourth-order valence-corrected chi connectivity index (χ4v) is 2.10. The van der Waals surface area contributed by atoms with E-state index in [1.807, 2.05) is 0 Å². The molecule has 4 nitrogen and oxygen atoms in total. The summed E-state index contributed by atoms with van der Waals surface area (Å²) in [5, 5.41) is 3.15. The first-order valence-electron chi connectivity index (χ1n) is 4.23. The Bertz CT molecular complexity index is 194. The lowest BCUT2D eigenvalue weighted by Gasteiger charge is -2.23. The van der Waals surface area contributed by atoms with Gasteiger partial charge in [-0.1, -0.05) is 0 Å². The zero-order valence-corrected chi connectivity index (χ0v) is 7.13. The van der Waals surface area contributed by atoms with Gasteiger partial charge in [0.15, 0.2) is 5.60 Å². The maximum absolute atomic E-state index is 11.4. The summed E-state index contributed by atoms with van der Waals surface area (Å²) in [7, 11) is 1.41. The maximum atomic E-state index is 11.4. The highest BCUT2D eigenvalue weighted by molar-refractivity contribution is 5.81. The van der Waals surface area contributed by atoms with Gasteiger partial charge >= 0.3 is 5.97 Å². The van der Waals surface area contributed by atoms with E-state index >= 15 is 0 Å². The normalized spacial score (nSPS) is 39.6. The van der Waals surface area contributed by atoms with E-state index in [0.29, 0.717) is 19.1 Å². The van der Waals surface area contributed by atoms with Crippen LogP contribution in [0.4, 0.5) is 0 Å². The quantitative estimate of drug-likeness (QED) is 0.542. The molecule has 1 N–H and O–H groups in total. The number of hydrogen-bond acceptors (Lipinski definition) is 4. The Morgan fingerprint density at radius 1 is 1.75 bits per heavy atom. The van der Waals surface area contributed by atoms with Crippen LogP contribution in [0, 0.1) is 5.92 Å². The molecular formula is C8H13NO3. The van der Waals surface area contributed by atoms with Gasteiger partial charge in [-0.2, -0.15) is 0 Å². The van der Waals surface area contributed by atoms with Crippen LogP contribution in [0.5, 0.6) is 0 Å². The van der Waals surface area contributed by atoms with Crippen LogP contribution in [-0.2, 0) is 14.3 Å². The molecule has 68 valence electrons. The van der Waals surface area contributed by atoms with Crippen molar-refractivity contribution >= 4 is 5.97 Å². The van der Waals surface area contributed by atoms with Gasteiger partial charge in [0.25, 0.3) is 0 Å². The van der Waals surface area contributed by atoms with E-state index in [-0.39, 0.29) is 5.97 Å². The first kappa shape index (κ1) is 8.01. The van der Waals surface area contributed by atoms with Crippen LogP contribution in [0.1, 0.15) is 6.42 Å². The van der Waals surface area contributed by atoms with E-state index in [4.69, 9.17) is 9.47 Å². The first-order valence-corrected chi connectivity index (χ1v) is 4.23. The molecule has 0 amide bonds. The predicted molar refractivity (Wildman–Crippen MR) is 41.7 cm³/mol. The van der Waals surface area contributed by atoms with Gasteiger partial charge in [0.2, 0.25) is 0 Å². The summed E-state index contributed by atoms with van der Waals surface area (Å²) < 4.78 is 10.2. The van der Waals surface area contributed by atoms with Crippen LogP contribution in [0.3, 0.4) is 0 Å². The number of hydrogen-bond donors (Lipinski definition) is 1. The highest BCUT2D eigenvalue weighted by atomic mass is 16.6. The molecule has 0 aromatic carbocycles. The third-order valence-electron chi connectivity index (χ3n) is 2.79. The van der Waals surface area contributed by atoms with Crippen molar-refractivity contribution in [2.45, 2.75) is 12.0 Å². The maximum Gasteiger partial charge on any atom is 0.339 e. The molecule has 2 aliphatic heterocycles. The van der Waals surface area contributed by atoms with Gasteiger partial charge in [-0.05, 0) is 6.42 Å². The van der Waals surface area contributed by atoms with Crippen LogP contribution >= 0.6 is 0 Å². The second kappa shape index (κ2) is 2.71. The molecule has 2 saturated heterocycles. The molecule has 0 aliphatic carbocycles. The van der Waals surface area contributed by atoms with Gasteiger partial charge in [-0.15, -0.1) is 0 Å². The van der Waals surface area contributed by atoms with Crippen LogP contribution in [0.15, 0.2) is 0 Å². The van der Waals surface area contributed by atoms with Crippen LogP contribution in [0.25, 0.3) is 0 Å². The van der Waals surface area contributed by atoms with Crippen molar-refractivity contribution in [3.8, 4) is 0 Å². The van der Waals surface area contributed by atoms with Crippen molar-refractivity contribution in [2.75, 3.05) is 26.8 Å². The molecule has 2 fully saturated rings. The molecule has 0 saturated carbocycles. The van der Waals surface area contributed by atoms with E-state index in [1.54, 1.807) is 0 Å². The molecule has 0 aromatic rings. The fraction of sp³-hybridized carbons (Fsp3) is 0.875. The third kappa shape index (κ3) is 0.881. The van der Waals surface area contributed by atoms with Crippen molar-refractivity contribution in [1.82, 2.24) is 5.32 Å². The third-order valence-corrected chi connectivity index (χ3v) is 2.79. The van der Waals surface area contributed by atoms with Gasteiger partial charge in [0, 0.05) is 25.6 Å². The average molecular weight is 171 g/mol. The smallest absolute Gasteiger partial charge is 0.339 e. The molecule has 0 radical (unpaired) electrons. The molecule has 2 heterocycles. The highest BCUT2D eigenvalue weighted by Gasteiger charge is 2.54. The molecule has 12 heavy (non-hydrogen) atoms.